The minimum Gasteiger partial charge on any atom is -0.337 e. The van der Waals surface area contributed by atoms with Gasteiger partial charge in [-0.2, -0.15) is 4.98 Å². The van der Waals surface area contributed by atoms with E-state index in [2.05, 4.69) is 10.1 Å². The smallest absolute Gasteiger partial charge is 0.246 e. The molecule has 0 aliphatic heterocycles. The van der Waals surface area contributed by atoms with Crippen LogP contribution < -0.4 is 5.73 Å². The Bertz CT molecular complexity index is 364. The average molecular weight is 207 g/mol. The summed E-state index contributed by atoms with van der Waals surface area (Å²) in [5, 5.41) is 4.01. The van der Waals surface area contributed by atoms with Crippen LogP contribution in [0.4, 0.5) is 0 Å². The van der Waals surface area contributed by atoms with Crippen molar-refractivity contribution in [2.75, 3.05) is 0 Å². The number of aromatic nitrogens is 2. The van der Waals surface area contributed by atoms with Crippen LogP contribution in [0.5, 0.6) is 0 Å². The normalized spacial score (nSPS) is 25.2. The molecule has 1 atom stereocenters. The number of rotatable bonds is 4. The van der Waals surface area contributed by atoms with Gasteiger partial charge in [-0.25, -0.2) is 0 Å². The number of hydrogen-bond donors (Lipinski definition) is 1. The van der Waals surface area contributed by atoms with Crippen LogP contribution in [0.2, 0.25) is 0 Å². The summed E-state index contributed by atoms with van der Waals surface area (Å²) >= 11 is 0. The Balaban J connectivity index is 1.76. The van der Waals surface area contributed by atoms with Gasteiger partial charge in [0.05, 0.1) is 5.54 Å². The number of hydrogen-bond acceptors (Lipinski definition) is 4. The molecule has 1 aromatic rings. The topological polar surface area (TPSA) is 64.9 Å². The lowest BCUT2D eigenvalue weighted by Gasteiger charge is -2.18. The summed E-state index contributed by atoms with van der Waals surface area (Å²) in [6.45, 7) is 2.00. The van der Waals surface area contributed by atoms with Crippen molar-refractivity contribution in [3.8, 4) is 0 Å². The van der Waals surface area contributed by atoms with Crippen molar-refractivity contribution in [1.29, 1.82) is 0 Å². The van der Waals surface area contributed by atoms with Crippen molar-refractivity contribution < 1.29 is 4.52 Å². The van der Waals surface area contributed by atoms with Crippen molar-refractivity contribution >= 4 is 0 Å². The minimum absolute atomic E-state index is 0.408. The molecule has 0 aromatic carbocycles. The van der Waals surface area contributed by atoms with Crippen molar-refractivity contribution in [2.45, 2.75) is 44.6 Å². The molecule has 0 bridgehead atoms. The molecular formula is C11H17N3O. The van der Waals surface area contributed by atoms with E-state index in [9.17, 15) is 0 Å². The quantitative estimate of drug-likeness (QED) is 0.814. The molecule has 1 aromatic heterocycles. The Morgan fingerprint density at radius 1 is 1.40 bits per heavy atom. The summed E-state index contributed by atoms with van der Waals surface area (Å²) in [5.74, 6) is 2.79. The molecule has 2 saturated carbocycles. The Morgan fingerprint density at radius 2 is 2.13 bits per heavy atom. The van der Waals surface area contributed by atoms with E-state index in [-0.39, 0.29) is 0 Å². The first-order valence-electron chi connectivity index (χ1n) is 5.78. The average Bonchev–Trinajstić information content (AvgIpc) is 3.04. The maximum Gasteiger partial charge on any atom is 0.246 e. The van der Waals surface area contributed by atoms with E-state index in [1.807, 2.05) is 6.92 Å². The first kappa shape index (κ1) is 9.33. The second-order valence-corrected chi connectivity index (χ2v) is 5.22. The van der Waals surface area contributed by atoms with Gasteiger partial charge in [-0.1, -0.05) is 5.16 Å². The number of nitrogens with zero attached hydrogens (tertiary/aromatic N) is 2. The summed E-state index contributed by atoms with van der Waals surface area (Å²) < 4.78 is 5.27. The second kappa shape index (κ2) is 3.04. The molecular weight excluding hydrogens is 190 g/mol. The van der Waals surface area contributed by atoms with Gasteiger partial charge in [0.25, 0.3) is 0 Å². The lowest BCUT2D eigenvalue weighted by molar-refractivity contribution is 0.272. The fourth-order valence-electron chi connectivity index (χ4n) is 1.99. The van der Waals surface area contributed by atoms with Crippen LogP contribution in [0, 0.1) is 11.8 Å². The lowest BCUT2D eigenvalue weighted by atomic mass is 9.97. The predicted octanol–water partition coefficient (Wildman–Crippen LogP) is 1.61. The highest BCUT2D eigenvalue weighted by molar-refractivity contribution is 5.07. The first-order valence-corrected chi connectivity index (χ1v) is 5.78. The lowest BCUT2D eigenvalue weighted by Crippen LogP contribution is -2.35. The van der Waals surface area contributed by atoms with Gasteiger partial charge >= 0.3 is 0 Å². The van der Waals surface area contributed by atoms with Crippen molar-refractivity contribution in [1.82, 2.24) is 10.1 Å². The fourth-order valence-corrected chi connectivity index (χ4v) is 1.99. The second-order valence-electron chi connectivity index (χ2n) is 5.22. The Morgan fingerprint density at radius 3 is 2.73 bits per heavy atom. The highest BCUT2D eigenvalue weighted by Gasteiger charge is 2.44. The number of nitrogens with two attached hydrogens (primary N) is 1. The molecule has 0 amide bonds. The van der Waals surface area contributed by atoms with Crippen LogP contribution in [0.15, 0.2) is 4.52 Å². The molecule has 0 saturated heterocycles. The van der Waals surface area contributed by atoms with E-state index in [0.717, 1.165) is 18.2 Å². The van der Waals surface area contributed by atoms with Gasteiger partial charge in [-0.05, 0) is 44.4 Å². The van der Waals surface area contributed by atoms with E-state index in [0.29, 0.717) is 11.8 Å². The summed E-state index contributed by atoms with van der Waals surface area (Å²) in [7, 11) is 0. The Kier molecular flexibility index (Phi) is 1.89. The standard InChI is InChI=1S/C11H17N3O/c1-11(12,8-4-5-8)10-13-9(14-15-10)6-7-2-3-7/h7-8H,2-6,12H2,1H3. The van der Waals surface area contributed by atoms with Crippen LogP contribution in [-0.2, 0) is 12.0 Å². The van der Waals surface area contributed by atoms with Crippen molar-refractivity contribution in [3.63, 3.8) is 0 Å². The predicted molar refractivity (Wildman–Crippen MR) is 55.0 cm³/mol. The largest absolute Gasteiger partial charge is 0.337 e. The van der Waals surface area contributed by atoms with Crippen LogP contribution in [-0.4, -0.2) is 10.1 Å². The van der Waals surface area contributed by atoms with Gasteiger partial charge in [-0.15, -0.1) is 0 Å². The molecule has 2 N–H and O–H groups in total. The van der Waals surface area contributed by atoms with Crippen LogP contribution >= 0.6 is 0 Å². The molecule has 15 heavy (non-hydrogen) atoms. The van der Waals surface area contributed by atoms with Gasteiger partial charge < -0.3 is 10.3 Å². The Hall–Kier alpha value is -0.900. The molecule has 4 heteroatoms. The zero-order valence-corrected chi connectivity index (χ0v) is 9.07. The van der Waals surface area contributed by atoms with E-state index in [4.69, 9.17) is 10.3 Å². The third-order valence-electron chi connectivity index (χ3n) is 3.52. The minimum atomic E-state index is -0.408. The maximum atomic E-state index is 6.21. The molecule has 0 spiro atoms. The molecule has 1 heterocycles. The van der Waals surface area contributed by atoms with Gasteiger partial charge in [0.1, 0.15) is 0 Å². The summed E-state index contributed by atoms with van der Waals surface area (Å²) in [5.41, 5.74) is 5.80. The molecule has 2 fully saturated rings. The zero-order chi connectivity index (χ0) is 10.5. The van der Waals surface area contributed by atoms with E-state index in [1.54, 1.807) is 0 Å². The zero-order valence-electron chi connectivity index (χ0n) is 9.07. The monoisotopic (exact) mass is 207 g/mol. The van der Waals surface area contributed by atoms with Gasteiger partial charge in [0, 0.05) is 6.42 Å². The summed E-state index contributed by atoms with van der Waals surface area (Å²) in [6.07, 6.45) is 5.96. The molecule has 1 unspecified atom stereocenters. The van der Waals surface area contributed by atoms with Crippen molar-refractivity contribution in [2.24, 2.45) is 17.6 Å². The third-order valence-corrected chi connectivity index (χ3v) is 3.52. The van der Waals surface area contributed by atoms with E-state index >= 15 is 0 Å². The highest BCUT2D eigenvalue weighted by Crippen LogP contribution is 2.43. The van der Waals surface area contributed by atoms with E-state index in [1.165, 1.54) is 25.7 Å². The molecule has 3 rings (SSSR count). The van der Waals surface area contributed by atoms with Gasteiger partial charge in [0.15, 0.2) is 5.82 Å². The maximum absolute atomic E-state index is 6.21. The van der Waals surface area contributed by atoms with Gasteiger partial charge in [-0.3, -0.25) is 0 Å². The van der Waals surface area contributed by atoms with Crippen molar-refractivity contribution in [3.05, 3.63) is 11.7 Å². The highest BCUT2D eigenvalue weighted by atomic mass is 16.5. The summed E-state index contributed by atoms with van der Waals surface area (Å²) in [6, 6.07) is 0. The van der Waals surface area contributed by atoms with Gasteiger partial charge in [0.2, 0.25) is 5.89 Å². The van der Waals surface area contributed by atoms with Crippen LogP contribution in [0.3, 0.4) is 0 Å². The van der Waals surface area contributed by atoms with Crippen LogP contribution in [0.25, 0.3) is 0 Å². The van der Waals surface area contributed by atoms with E-state index < -0.39 is 5.54 Å². The van der Waals surface area contributed by atoms with Crippen LogP contribution in [0.1, 0.15) is 44.3 Å². The summed E-state index contributed by atoms with van der Waals surface area (Å²) in [4.78, 5) is 4.42. The molecule has 2 aliphatic carbocycles. The first-order chi connectivity index (χ1) is 7.16. The third kappa shape index (κ3) is 1.78. The molecule has 4 nitrogen and oxygen atoms in total. The Labute approximate surface area is 89.2 Å². The molecule has 2 aliphatic rings. The SMILES string of the molecule is CC(N)(c1nc(CC2CC2)no1)C1CC1. The fraction of sp³-hybridized carbons (Fsp3) is 0.818. The molecule has 0 radical (unpaired) electrons. The molecule has 82 valence electrons.